The maximum absolute atomic E-state index is 12.4. The van der Waals surface area contributed by atoms with E-state index in [1.807, 2.05) is 30.1 Å². The SMILES string of the molecule is CC/C=C(\C(NCC)C(C)CC)N(C)CC(=O)NCC(=O)NCCCc1ccccn1. The largest absolute Gasteiger partial charge is 0.368 e. The summed E-state index contributed by atoms with van der Waals surface area (Å²) < 4.78 is 0. The highest BCUT2D eigenvalue weighted by atomic mass is 16.2. The number of aromatic nitrogens is 1. The monoisotopic (exact) mass is 431 g/mol. The third-order valence-corrected chi connectivity index (χ3v) is 5.29. The molecule has 1 rings (SSSR count). The molecule has 0 radical (unpaired) electrons. The summed E-state index contributed by atoms with van der Waals surface area (Å²) in [6.07, 6.45) is 7.53. The molecule has 1 aromatic rings. The summed E-state index contributed by atoms with van der Waals surface area (Å²) >= 11 is 0. The smallest absolute Gasteiger partial charge is 0.239 e. The summed E-state index contributed by atoms with van der Waals surface area (Å²) in [5.41, 5.74) is 2.14. The molecule has 1 heterocycles. The minimum atomic E-state index is -0.175. The van der Waals surface area contributed by atoms with E-state index in [0.717, 1.165) is 43.6 Å². The van der Waals surface area contributed by atoms with Crippen LogP contribution in [-0.4, -0.2) is 61.0 Å². The maximum Gasteiger partial charge on any atom is 0.239 e. The first-order valence-electron chi connectivity index (χ1n) is 11.5. The number of hydrogen-bond acceptors (Lipinski definition) is 5. The van der Waals surface area contributed by atoms with Crippen LogP contribution in [0.25, 0.3) is 0 Å². The molecule has 1 aromatic heterocycles. The first-order chi connectivity index (χ1) is 14.9. The lowest BCUT2D eigenvalue weighted by atomic mass is 9.94. The second-order valence-corrected chi connectivity index (χ2v) is 7.87. The summed E-state index contributed by atoms with van der Waals surface area (Å²) in [6.45, 7) is 10.3. The third kappa shape index (κ3) is 10.4. The van der Waals surface area contributed by atoms with Crippen LogP contribution in [0.5, 0.6) is 0 Å². The quantitative estimate of drug-likeness (QED) is 0.372. The van der Waals surface area contributed by atoms with Crippen molar-refractivity contribution >= 4 is 11.8 Å². The number of nitrogens with zero attached hydrogens (tertiary/aromatic N) is 2. The Bertz CT molecular complexity index is 678. The van der Waals surface area contributed by atoms with Gasteiger partial charge in [0, 0.05) is 37.2 Å². The van der Waals surface area contributed by atoms with Gasteiger partial charge in [-0.25, -0.2) is 0 Å². The van der Waals surface area contributed by atoms with Crippen molar-refractivity contribution in [1.82, 2.24) is 25.8 Å². The molecule has 0 spiro atoms. The Balaban J connectivity index is 2.42. The van der Waals surface area contributed by atoms with Gasteiger partial charge in [-0.05, 0) is 43.9 Å². The Morgan fingerprint density at radius 2 is 1.94 bits per heavy atom. The number of nitrogens with one attached hydrogen (secondary N) is 3. The number of rotatable bonds is 15. The molecule has 0 aliphatic rings. The maximum atomic E-state index is 12.4. The van der Waals surface area contributed by atoms with E-state index < -0.39 is 0 Å². The van der Waals surface area contributed by atoms with Gasteiger partial charge in [0.2, 0.25) is 11.8 Å². The van der Waals surface area contributed by atoms with Gasteiger partial charge in [0.15, 0.2) is 0 Å². The van der Waals surface area contributed by atoms with E-state index in [0.29, 0.717) is 12.5 Å². The number of aryl methyl sites for hydroxylation is 1. The number of hydrogen-bond donors (Lipinski definition) is 3. The lowest BCUT2D eigenvalue weighted by Gasteiger charge is -2.33. The summed E-state index contributed by atoms with van der Waals surface area (Å²) in [5, 5.41) is 9.13. The Labute approximate surface area is 188 Å². The highest BCUT2D eigenvalue weighted by Crippen LogP contribution is 2.19. The summed E-state index contributed by atoms with van der Waals surface area (Å²) in [4.78, 5) is 30.7. The highest BCUT2D eigenvalue weighted by Gasteiger charge is 2.23. The fourth-order valence-corrected chi connectivity index (χ4v) is 3.43. The zero-order chi connectivity index (χ0) is 23.1. The van der Waals surface area contributed by atoms with E-state index in [1.165, 1.54) is 0 Å². The van der Waals surface area contributed by atoms with Gasteiger partial charge >= 0.3 is 0 Å². The molecule has 2 unspecified atom stereocenters. The van der Waals surface area contributed by atoms with Gasteiger partial charge in [0.05, 0.1) is 13.1 Å². The first-order valence-corrected chi connectivity index (χ1v) is 11.5. The molecule has 0 aliphatic carbocycles. The molecule has 2 amide bonds. The van der Waals surface area contributed by atoms with Crippen LogP contribution in [0.1, 0.15) is 52.7 Å². The van der Waals surface area contributed by atoms with Crippen LogP contribution in [0.4, 0.5) is 0 Å². The van der Waals surface area contributed by atoms with E-state index >= 15 is 0 Å². The van der Waals surface area contributed by atoms with Crippen LogP contribution < -0.4 is 16.0 Å². The molecular weight excluding hydrogens is 390 g/mol. The van der Waals surface area contributed by atoms with Crippen LogP contribution in [0.3, 0.4) is 0 Å². The van der Waals surface area contributed by atoms with Crippen molar-refractivity contribution in [3.05, 3.63) is 41.9 Å². The Hall–Kier alpha value is -2.41. The van der Waals surface area contributed by atoms with Gasteiger partial charge in [0.25, 0.3) is 0 Å². The van der Waals surface area contributed by atoms with Crippen LogP contribution in [0.15, 0.2) is 36.2 Å². The van der Waals surface area contributed by atoms with Gasteiger partial charge in [-0.15, -0.1) is 0 Å². The topological polar surface area (TPSA) is 86.4 Å². The lowest BCUT2D eigenvalue weighted by Crippen LogP contribution is -2.45. The van der Waals surface area contributed by atoms with Crippen LogP contribution in [0.2, 0.25) is 0 Å². The van der Waals surface area contributed by atoms with Gasteiger partial charge < -0.3 is 20.9 Å². The molecule has 7 heteroatoms. The molecular formula is C24H41N5O2. The first kappa shape index (κ1) is 26.6. The van der Waals surface area contributed by atoms with Crippen molar-refractivity contribution in [1.29, 1.82) is 0 Å². The van der Waals surface area contributed by atoms with E-state index in [2.05, 4.69) is 54.7 Å². The minimum absolute atomic E-state index is 0.00884. The van der Waals surface area contributed by atoms with Gasteiger partial charge in [-0.3, -0.25) is 14.6 Å². The number of allylic oxidation sites excluding steroid dienone is 1. The average Bonchev–Trinajstić information content (AvgIpc) is 2.77. The van der Waals surface area contributed by atoms with E-state index in [4.69, 9.17) is 0 Å². The normalized spacial score (nSPS) is 13.4. The zero-order valence-electron chi connectivity index (χ0n) is 19.9. The molecule has 0 bridgehead atoms. The van der Waals surface area contributed by atoms with Crippen molar-refractivity contribution in [2.75, 3.05) is 33.2 Å². The molecule has 0 saturated carbocycles. The molecule has 0 saturated heterocycles. The van der Waals surface area contributed by atoms with E-state index in [1.54, 1.807) is 6.20 Å². The average molecular weight is 432 g/mol. The number of carbonyl (C=O) groups is 2. The molecule has 0 fully saturated rings. The molecule has 3 N–H and O–H groups in total. The molecule has 0 aromatic carbocycles. The highest BCUT2D eigenvalue weighted by molar-refractivity contribution is 5.85. The van der Waals surface area contributed by atoms with Crippen LogP contribution in [-0.2, 0) is 16.0 Å². The Morgan fingerprint density at radius 1 is 1.16 bits per heavy atom. The predicted octanol–water partition coefficient (Wildman–Crippen LogP) is 2.50. The van der Waals surface area contributed by atoms with E-state index in [-0.39, 0.29) is 30.9 Å². The van der Waals surface area contributed by atoms with E-state index in [9.17, 15) is 9.59 Å². The standard InChI is InChI=1S/C24H41N5O2/c1-6-12-21(24(25-8-3)19(4)7-2)29(5)18-23(31)28-17-22(30)27-16-11-14-20-13-9-10-15-26-20/h9-10,12-13,15,19,24-25H,6-8,11,14,16-18H2,1-5H3,(H,27,30)(H,28,31)/b21-12+. The second kappa shape index (κ2) is 15.4. The van der Waals surface area contributed by atoms with Crippen LogP contribution >= 0.6 is 0 Å². The summed E-state index contributed by atoms with van der Waals surface area (Å²) in [7, 11) is 1.94. The Kier molecular flexibility index (Phi) is 13.2. The second-order valence-electron chi connectivity index (χ2n) is 7.87. The zero-order valence-corrected chi connectivity index (χ0v) is 19.9. The fraction of sp³-hybridized carbons (Fsp3) is 0.625. The van der Waals surface area contributed by atoms with Gasteiger partial charge in [-0.1, -0.05) is 46.3 Å². The Morgan fingerprint density at radius 3 is 2.55 bits per heavy atom. The number of amides is 2. The third-order valence-electron chi connectivity index (χ3n) is 5.29. The minimum Gasteiger partial charge on any atom is -0.368 e. The molecule has 2 atom stereocenters. The number of carbonyl (C=O) groups excluding carboxylic acids is 2. The molecule has 174 valence electrons. The van der Waals surface area contributed by atoms with Crippen molar-refractivity contribution in [2.24, 2.45) is 5.92 Å². The molecule has 31 heavy (non-hydrogen) atoms. The molecule has 7 nitrogen and oxygen atoms in total. The molecule has 0 aliphatic heterocycles. The van der Waals surface area contributed by atoms with Gasteiger partial charge in [-0.2, -0.15) is 0 Å². The van der Waals surface area contributed by atoms with Crippen molar-refractivity contribution in [3.8, 4) is 0 Å². The van der Waals surface area contributed by atoms with Gasteiger partial charge in [0.1, 0.15) is 0 Å². The number of likely N-dealkylation sites (N-methyl/N-ethyl adjacent to an activating group) is 2. The number of pyridine rings is 1. The summed E-state index contributed by atoms with van der Waals surface area (Å²) in [6, 6.07) is 6.02. The fourth-order valence-electron chi connectivity index (χ4n) is 3.43. The van der Waals surface area contributed by atoms with Crippen molar-refractivity contribution in [2.45, 2.75) is 59.4 Å². The summed E-state index contributed by atoms with van der Waals surface area (Å²) in [5.74, 6) is 0.124. The van der Waals surface area contributed by atoms with Crippen molar-refractivity contribution < 1.29 is 9.59 Å². The van der Waals surface area contributed by atoms with Crippen molar-refractivity contribution in [3.63, 3.8) is 0 Å². The van der Waals surface area contributed by atoms with Crippen LogP contribution in [0, 0.1) is 5.92 Å². The predicted molar refractivity (Wildman–Crippen MR) is 127 cm³/mol. The lowest BCUT2D eigenvalue weighted by molar-refractivity contribution is -0.126.